The monoisotopic (exact) mass is 562 g/mol. The number of rotatable bonds is 11. The molecule has 1 aliphatic heterocycles. The molecule has 2 amide bonds. The highest BCUT2D eigenvalue weighted by Crippen LogP contribution is 2.29. The van der Waals surface area contributed by atoms with Crippen LogP contribution in [0.4, 0.5) is 0 Å². The highest BCUT2D eigenvalue weighted by atomic mass is 32.1. The molecule has 210 valence electrons. The van der Waals surface area contributed by atoms with Gasteiger partial charge in [0, 0.05) is 40.4 Å². The van der Waals surface area contributed by atoms with E-state index >= 15 is 0 Å². The molecule has 0 bridgehead atoms. The molecule has 0 saturated heterocycles. The van der Waals surface area contributed by atoms with E-state index in [0.717, 1.165) is 33.7 Å². The van der Waals surface area contributed by atoms with E-state index in [1.165, 1.54) is 0 Å². The maximum atomic E-state index is 13.8. The van der Waals surface area contributed by atoms with Crippen LogP contribution in [0.2, 0.25) is 0 Å². The van der Waals surface area contributed by atoms with E-state index < -0.39 is 11.9 Å². The number of ether oxygens (including phenoxy) is 1. The molecule has 1 aliphatic rings. The molecule has 0 saturated carbocycles. The quantitative estimate of drug-likeness (QED) is 0.122. The van der Waals surface area contributed by atoms with Crippen LogP contribution >= 0.6 is 11.3 Å². The number of unbranched alkanes of at least 4 members (excludes halogenated alkanes) is 1. The van der Waals surface area contributed by atoms with Gasteiger partial charge >= 0.3 is 5.97 Å². The number of nitrogens with zero attached hydrogens (tertiary/aromatic N) is 1. The molecule has 9 nitrogen and oxygen atoms in total. The molecule has 3 aromatic rings. The van der Waals surface area contributed by atoms with Crippen molar-refractivity contribution in [3.8, 4) is 5.75 Å². The van der Waals surface area contributed by atoms with E-state index in [2.05, 4.69) is 5.32 Å². The number of amides is 2. The molecule has 0 aliphatic carbocycles. The van der Waals surface area contributed by atoms with Crippen LogP contribution in [0.15, 0.2) is 54.6 Å². The van der Waals surface area contributed by atoms with Crippen LogP contribution in [-0.2, 0) is 40.1 Å². The fourth-order valence-corrected chi connectivity index (χ4v) is 5.68. The van der Waals surface area contributed by atoms with Gasteiger partial charge in [-0.1, -0.05) is 37.6 Å². The lowest BCUT2D eigenvalue weighted by atomic mass is 10.0. The Hall–Kier alpha value is -4.18. The van der Waals surface area contributed by atoms with Crippen molar-refractivity contribution in [2.45, 2.75) is 51.6 Å². The van der Waals surface area contributed by atoms with Gasteiger partial charge in [0.2, 0.25) is 5.91 Å². The summed E-state index contributed by atoms with van der Waals surface area (Å²) < 4.78 is 5.30. The zero-order valence-corrected chi connectivity index (χ0v) is 23.3. The Kier molecular flexibility index (Phi) is 9.55. The molecule has 2 aromatic carbocycles. The molecular weight excluding hydrogens is 528 g/mol. The van der Waals surface area contributed by atoms with Crippen LogP contribution in [0.3, 0.4) is 0 Å². The van der Waals surface area contributed by atoms with Crippen LogP contribution in [0.1, 0.15) is 56.6 Å². The number of phenolic OH excluding ortho intramolecular Hbond substituents is 1. The average molecular weight is 563 g/mol. The van der Waals surface area contributed by atoms with Gasteiger partial charge in [-0.05, 0) is 54.3 Å². The molecule has 1 aromatic heterocycles. The van der Waals surface area contributed by atoms with E-state index in [4.69, 9.17) is 15.9 Å². The van der Waals surface area contributed by atoms with Gasteiger partial charge in [0.1, 0.15) is 17.6 Å². The van der Waals surface area contributed by atoms with E-state index in [9.17, 15) is 19.5 Å². The van der Waals surface area contributed by atoms with Crippen molar-refractivity contribution in [3.05, 3.63) is 86.6 Å². The van der Waals surface area contributed by atoms with Gasteiger partial charge in [0.15, 0.2) is 0 Å². The summed E-state index contributed by atoms with van der Waals surface area (Å²) in [6.07, 6.45) is 2.94. The number of fused-ring (bicyclic) bond motifs is 1. The molecular formula is C30H34N4O5S. The minimum atomic E-state index is -0.835. The fraction of sp³-hybridized carbons (Fsp3) is 0.333. The third-order valence-electron chi connectivity index (χ3n) is 6.75. The number of nitrogen functional groups attached to an aromatic ring is 1. The Morgan fingerprint density at radius 1 is 1.12 bits per heavy atom. The van der Waals surface area contributed by atoms with Crippen LogP contribution in [-0.4, -0.2) is 52.8 Å². The number of carbonyl (C=O) groups excluding carboxylic acids is 3. The van der Waals surface area contributed by atoms with Crippen molar-refractivity contribution >= 4 is 35.0 Å². The first-order valence-corrected chi connectivity index (χ1v) is 14.1. The Morgan fingerprint density at radius 2 is 1.82 bits per heavy atom. The lowest BCUT2D eigenvalue weighted by molar-refractivity contribution is -0.142. The Labute approximate surface area is 237 Å². The summed E-state index contributed by atoms with van der Waals surface area (Å²) in [6, 6.07) is 14.0. The SMILES string of the molecule is CCCCOC(=O)Cc1cc2c(s1)CCN(C(=O)[C@H](Cc1ccc(O)cc1)NC(=O)c1ccc(C(=N)N)cc1)C2. The minimum Gasteiger partial charge on any atom is -0.508 e. The summed E-state index contributed by atoms with van der Waals surface area (Å²) >= 11 is 1.58. The Balaban J connectivity index is 1.47. The fourth-order valence-electron chi connectivity index (χ4n) is 4.52. The number of thiophene rings is 1. The van der Waals surface area contributed by atoms with Crippen molar-refractivity contribution in [1.82, 2.24) is 10.2 Å². The zero-order chi connectivity index (χ0) is 28.6. The lowest BCUT2D eigenvalue weighted by Gasteiger charge is -2.31. The maximum Gasteiger partial charge on any atom is 0.311 e. The summed E-state index contributed by atoms with van der Waals surface area (Å²) in [4.78, 5) is 42.9. The van der Waals surface area contributed by atoms with E-state index in [1.54, 1.807) is 64.8 Å². The lowest BCUT2D eigenvalue weighted by Crippen LogP contribution is -2.50. The molecule has 2 heterocycles. The van der Waals surface area contributed by atoms with Gasteiger partial charge in [0.05, 0.1) is 13.0 Å². The number of carbonyl (C=O) groups is 3. The average Bonchev–Trinajstić information content (AvgIpc) is 3.35. The van der Waals surface area contributed by atoms with Gasteiger partial charge in [-0.2, -0.15) is 0 Å². The summed E-state index contributed by atoms with van der Waals surface area (Å²) in [5.74, 6) is -0.842. The summed E-state index contributed by atoms with van der Waals surface area (Å²) in [6.45, 7) is 3.37. The summed E-state index contributed by atoms with van der Waals surface area (Å²) in [7, 11) is 0. The molecule has 0 radical (unpaired) electrons. The number of amidine groups is 1. The van der Waals surface area contributed by atoms with Crippen LogP contribution in [0.5, 0.6) is 5.75 Å². The van der Waals surface area contributed by atoms with Crippen molar-refractivity contribution in [3.63, 3.8) is 0 Å². The molecule has 5 N–H and O–H groups in total. The first kappa shape index (κ1) is 28.8. The predicted octanol–water partition coefficient (Wildman–Crippen LogP) is 3.55. The second-order valence-electron chi connectivity index (χ2n) is 9.81. The molecule has 40 heavy (non-hydrogen) atoms. The van der Waals surface area contributed by atoms with Crippen LogP contribution in [0, 0.1) is 5.41 Å². The maximum absolute atomic E-state index is 13.8. The third kappa shape index (κ3) is 7.47. The molecule has 0 unspecified atom stereocenters. The number of aromatic hydroxyl groups is 1. The second-order valence-corrected chi connectivity index (χ2v) is 11.0. The number of phenols is 1. The predicted molar refractivity (Wildman–Crippen MR) is 154 cm³/mol. The number of nitrogens with two attached hydrogens (primary N) is 1. The van der Waals surface area contributed by atoms with Gasteiger partial charge < -0.3 is 25.8 Å². The van der Waals surface area contributed by atoms with Gasteiger partial charge in [-0.15, -0.1) is 11.3 Å². The number of hydrogen-bond acceptors (Lipinski definition) is 7. The largest absolute Gasteiger partial charge is 0.508 e. The van der Waals surface area contributed by atoms with Crippen LogP contribution in [0.25, 0.3) is 0 Å². The highest BCUT2D eigenvalue weighted by molar-refractivity contribution is 7.12. The summed E-state index contributed by atoms with van der Waals surface area (Å²) in [5, 5.41) is 20.1. The van der Waals surface area contributed by atoms with Crippen LogP contribution < -0.4 is 11.1 Å². The zero-order valence-electron chi connectivity index (χ0n) is 22.4. The van der Waals surface area contributed by atoms with Crippen molar-refractivity contribution in [1.29, 1.82) is 5.41 Å². The second kappa shape index (κ2) is 13.3. The van der Waals surface area contributed by atoms with Gasteiger partial charge in [0.25, 0.3) is 5.91 Å². The topological polar surface area (TPSA) is 146 Å². The van der Waals surface area contributed by atoms with Crippen molar-refractivity contribution in [2.24, 2.45) is 5.73 Å². The first-order valence-electron chi connectivity index (χ1n) is 13.3. The Bertz CT molecular complexity index is 1370. The summed E-state index contributed by atoms with van der Waals surface area (Å²) in [5.41, 5.74) is 8.17. The van der Waals surface area contributed by atoms with E-state index in [1.807, 2.05) is 13.0 Å². The number of hydrogen-bond donors (Lipinski definition) is 4. The highest BCUT2D eigenvalue weighted by Gasteiger charge is 2.30. The third-order valence-corrected chi connectivity index (χ3v) is 7.98. The molecule has 1 atom stereocenters. The van der Waals surface area contributed by atoms with Crippen molar-refractivity contribution < 1.29 is 24.2 Å². The minimum absolute atomic E-state index is 0.0956. The van der Waals surface area contributed by atoms with Gasteiger partial charge in [-0.3, -0.25) is 19.8 Å². The standard InChI is InChI=1S/C30H34N4O5S/c1-2-3-14-39-27(36)17-24-16-22-18-34(13-12-26(22)40-24)30(38)25(15-19-4-10-23(35)11-5-19)33-29(37)21-8-6-20(7-9-21)28(31)32/h4-11,16,25,35H,2-3,12-15,17-18H2,1H3,(H3,31,32)(H,33,37)/t25-/m0/s1. The normalized spacial score (nSPS) is 13.3. The number of nitrogens with one attached hydrogen (secondary N) is 2. The Morgan fingerprint density at radius 3 is 2.50 bits per heavy atom. The van der Waals surface area contributed by atoms with Crippen molar-refractivity contribution in [2.75, 3.05) is 13.2 Å². The smallest absolute Gasteiger partial charge is 0.311 e. The molecule has 0 fully saturated rings. The van der Waals surface area contributed by atoms with E-state index in [-0.39, 0.29) is 36.3 Å². The molecule has 4 rings (SSSR count). The van der Waals surface area contributed by atoms with E-state index in [0.29, 0.717) is 37.2 Å². The molecule has 0 spiro atoms. The van der Waals surface area contributed by atoms with Gasteiger partial charge in [-0.25, -0.2) is 0 Å². The number of esters is 1. The molecule has 10 heteroatoms. The first-order chi connectivity index (χ1) is 19.2. The number of benzene rings is 2.